The van der Waals surface area contributed by atoms with Crippen LogP contribution in [0.25, 0.3) is 0 Å². The Labute approximate surface area is 175 Å². The molecule has 150 valence electrons. The molecule has 0 aliphatic carbocycles. The Balaban J connectivity index is 1.52. The van der Waals surface area contributed by atoms with Gasteiger partial charge in [-0.2, -0.15) is 0 Å². The highest BCUT2D eigenvalue weighted by molar-refractivity contribution is 7.98. The Morgan fingerprint density at radius 3 is 2.29 bits per heavy atom. The smallest absolute Gasteiger partial charge is 0.253 e. The predicted octanol–water partition coefficient (Wildman–Crippen LogP) is 3.79. The second kappa shape index (κ2) is 9.31. The Morgan fingerprint density at radius 1 is 1.11 bits per heavy atom. The first-order valence-electron chi connectivity index (χ1n) is 9.04. The van der Waals surface area contributed by atoms with Crippen LogP contribution in [0, 0.1) is 0 Å². The number of rotatable bonds is 6. The van der Waals surface area contributed by atoms with Crippen molar-refractivity contribution in [2.24, 2.45) is 0 Å². The fourth-order valence-electron chi connectivity index (χ4n) is 3.13. The molecule has 0 bridgehead atoms. The zero-order valence-corrected chi connectivity index (χ0v) is 18.0. The van der Waals surface area contributed by atoms with Crippen LogP contribution in [0.15, 0.2) is 53.4 Å². The van der Waals surface area contributed by atoms with Crippen molar-refractivity contribution in [2.75, 3.05) is 19.3 Å². The van der Waals surface area contributed by atoms with E-state index in [9.17, 15) is 13.2 Å². The third kappa shape index (κ3) is 6.24. The van der Waals surface area contributed by atoms with Crippen molar-refractivity contribution < 1.29 is 13.2 Å². The van der Waals surface area contributed by atoms with E-state index in [0.29, 0.717) is 31.5 Å². The van der Waals surface area contributed by atoms with Crippen molar-refractivity contribution in [2.45, 2.75) is 29.5 Å². The van der Waals surface area contributed by atoms with Crippen LogP contribution < -0.4 is 4.72 Å². The number of thioether (sulfide) groups is 1. The summed E-state index contributed by atoms with van der Waals surface area (Å²) in [6.07, 6.45) is 2.43. The maximum atomic E-state index is 12.7. The van der Waals surface area contributed by atoms with Gasteiger partial charge >= 0.3 is 0 Å². The first-order valence-corrected chi connectivity index (χ1v) is 12.3. The molecule has 0 unspecified atom stereocenters. The molecule has 5 nitrogen and oxygen atoms in total. The molecule has 0 spiro atoms. The molecular formula is C20H23ClN2O3S2. The van der Waals surface area contributed by atoms with E-state index in [4.69, 9.17) is 11.6 Å². The van der Waals surface area contributed by atoms with Gasteiger partial charge in [-0.05, 0) is 54.8 Å². The van der Waals surface area contributed by atoms with Gasteiger partial charge in [-0.25, -0.2) is 13.1 Å². The van der Waals surface area contributed by atoms with E-state index in [1.165, 1.54) is 0 Å². The number of carbonyl (C=O) groups excluding carboxylic acids is 1. The van der Waals surface area contributed by atoms with Gasteiger partial charge in [0.15, 0.2) is 0 Å². The summed E-state index contributed by atoms with van der Waals surface area (Å²) in [5.74, 6) is 0.813. The summed E-state index contributed by atoms with van der Waals surface area (Å²) in [6, 6.07) is 15.3. The molecule has 3 rings (SSSR count). The number of halogens is 1. The number of amides is 1. The van der Waals surface area contributed by atoms with E-state index in [2.05, 4.69) is 4.72 Å². The highest BCUT2D eigenvalue weighted by Gasteiger charge is 2.25. The summed E-state index contributed by atoms with van der Waals surface area (Å²) in [5, 5.41) is 0.725. The normalized spacial score (nSPS) is 15.6. The number of hydrogen-bond acceptors (Lipinski definition) is 4. The lowest BCUT2D eigenvalue weighted by Gasteiger charge is -2.32. The van der Waals surface area contributed by atoms with Crippen LogP contribution in [-0.4, -0.2) is 44.6 Å². The third-order valence-electron chi connectivity index (χ3n) is 4.58. The molecule has 2 aromatic rings. The van der Waals surface area contributed by atoms with Crippen LogP contribution in [0.5, 0.6) is 0 Å². The molecule has 1 N–H and O–H groups in total. The van der Waals surface area contributed by atoms with Crippen molar-refractivity contribution in [3.8, 4) is 0 Å². The molecule has 1 saturated heterocycles. The molecule has 2 aromatic carbocycles. The quantitative estimate of drug-likeness (QED) is 0.697. The van der Waals surface area contributed by atoms with Crippen LogP contribution in [0.2, 0.25) is 5.02 Å². The highest BCUT2D eigenvalue weighted by atomic mass is 35.5. The molecule has 1 heterocycles. The van der Waals surface area contributed by atoms with Crippen molar-refractivity contribution in [1.82, 2.24) is 9.62 Å². The van der Waals surface area contributed by atoms with Gasteiger partial charge in [0.1, 0.15) is 0 Å². The zero-order valence-electron chi connectivity index (χ0n) is 15.6. The Hall–Kier alpha value is -1.54. The molecule has 1 fully saturated rings. The number of benzene rings is 2. The number of sulfonamides is 1. The van der Waals surface area contributed by atoms with E-state index in [1.807, 2.05) is 48.5 Å². The van der Waals surface area contributed by atoms with Gasteiger partial charge in [-0.15, -0.1) is 11.8 Å². The first kappa shape index (κ1) is 21.2. The molecule has 1 aliphatic heterocycles. The van der Waals surface area contributed by atoms with E-state index >= 15 is 0 Å². The lowest BCUT2D eigenvalue weighted by Crippen LogP contribution is -2.46. The van der Waals surface area contributed by atoms with E-state index in [1.54, 1.807) is 16.7 Å². The number of likely N-dealkylation sites (tertiary alicyclic amines) is 1. The fraction of sp³-hybridized carbons (Fsp3) is 0.350. The Bertz CT molecular complexity index is 907. The minimum atomic E-state index is -3.21. The van der Waals surface area contributed by atoms with E-state index in [0.717, 1.165) is 27.5 Å². The molecule has 1 amide bonds. The van der Waals surface area contributed by atoms with Crippen molar-refractivity contribution in [3.63, 3.8) is 0 Å². The monoisotopic (exact) mass is 438 g/mol. The molecule has 1 aliphatic rings. The van der Waals surface area contributed by atoms with Gasteiger partial charge in [0.25, 0.3) is 5.91 Å². The maximum absolute atomic E-state index is 12.7. The lowest BCUT2D eigenvalue weighted by molar-refractivity contribution is 0.0711. The summed E-state index contributed by atoms with van der Waals surface area (Å²) in [6.45, 7) is 1.11. The number of nitrogens with one attached hydrogen (secondary N) is 1. The first-order chi connectivity index (χ1) is 13.3. The van der Waals surface area contributed by atoms with Gasteiger partial charge < -0.3 is 4.90 Å². The minimum Gasteiger partial charge on any atom is -0.339 e. The number of hydrogen-bond donors (Lipinski definition) is 1. The summed E-state index contributed by atoms with van der Waals surface area (Å²) >= 11 is 7.62. The van der Waals surface area contributed by atoms with Crippen LogP contribution in [-0.2, 0) is 15.8 Å². The van der Waals surface area contributed by atoms with Crippen molar-refractivity contribution in [1.29, 1.82) is 0 Å². The van der Waals surface area contributed by atoms with Gasteiger partial charge in [-0.3, -0.25) is 4.79 Å². The number of piperidine rings is 1. The molecule has 0 aromatic heterocycles. The average Bonchev–Trinajstić information content (AvgIpc) is 2.67. The van der Waals surface area contributed by atoms with Crippen LogP contribution in [0.3, 0.4) is 0 Å². The van der Waals surface area contributed by atoms with Gasteiger partial charge in [0.2, 0.25) is 10.0 Å². The SMILES string of the molecule is CS(=O)(=O)NC1CCN(C(=O)c2ccc(CSc3ccc(Cl)cc3)cc2)CC1. The van der Waals surface area contributed by atoms with E-state index < -0.39 is 10.0 Å². The second-order valence-corrected chi connectivity index (χ2v) is 10.2. The summed E-state index contributed by atoms with van der Waals surface area (Å²) < 4.78 is 25.3. The molecule has 0 radical (unpaired) electrons. The van der Waals surface area contributed by atoms with Gasteiger partial charge in [-0.1, -0.05) is 23.7 Å². The molecular weight excluding hydrogens is 416 g/mol. The third-order valence-corrected chi connectivity index (χ3v) is 6.68. The van der Waals surface area contributed by atoms with Crippen LogP contribution in [0.1, 0.15) is 28.8 Å². The Kier molecular flexibility index (Phi) is 7.04. The number of carbonyl (C=O) groups is 1. The molecule has 8 heteroatoms. The molecule has 0 atom stereocenters. The van der Waals surface area contributed by atoms with Gasteiger partial charge in [0, 0.05) is 40.4 Å². The zero-order chi connectivity index (χ0) is 20.1. The standard InChI is InChI=1S/C20H23ClN2O3S2/c1-28(25,26)22-18-10-12-23(13-11-18)20(24)16-4-2-15(3-5-16)14-27-19-8-6-17(21)7-9-19/h2-9,18,22H,10-14H2,1H3. The summed E-state index contributed by atoms with van der Waals surface area (Å²) in [7, 11) is -3.21. The largest absolute Gasteiger partial charge is 0.339 e. The molecule has 28 heavy (non-hydrogen) atoms. The average molecular weight is 439 g/mol. The van der Waals surface area contributed by atoms with E-state index in [-0.39, 0.29) is 11.9 Å². The van der Waals surface area contributed by atoms with Crippen molar-refractivity contribution in [3.05, 3.63) is 64.7 Å². The molecule has 0 saturated carbocycles. The topological polar surface area (TPSA) is 66.5 Å². The van der Waals surface area contributed by atoms with Gasteiger partial charge in [0.05, 0.1) is 6.26 Å². The highest BCUT2D eigenvalue weighted by Crippen LogP contribution is 2.24. The Morgan fingerprint density at radius 2 is 1.71 bits per heavy atom. The van der Waals surface area contributed by atoms with Crippen LogP contribution in [0.4, 0.5) is 0 Å². The fourth-order valence-corrected chi connectivity index (χ4v) is 4.95. The summed E-state index contributed by atoms with van der Waals surface area (Å²) in [4.78, 5) is 15.6. The van der Waals surface area contributed by atoms with Crippen LogP contribution >= 0.6 is 23.4 Å². The van der Waals surface area contributed by atoms with Crippen molar-refractivity contribution >= 4 is 39.3 Å². The predicted molar refractivity (Wildman–Crippen MR) is 114 cm³/mol. The second-order valence-electron chi connectivity index (χ2n) is 6.90. The minimum absolute atomic E-state index is 0.00490. The maximum Gasteiger partial charge on any atom is 0.253 e. The number of nitrogens with zero attached hydrogens (tertiary/aromatic N) is 1. The summed E-state index contributed by atoms with van der Waals surface area (Å²) in [5.41, 5.74) is 1.81. The lowest BCUT2D eigenvalue weighted by atomic mass is 10.0.